The quantitative estimate of drug-likeness (QED) is 0.639. The zero-order chi connectivity index (χ0) is 21.5. The number of carbonyl (C=O) groups is 1. The third-order valence-corrected chi connectivity index (χ3v) is 7.11. The number of aryl methyl sites for hydroxylation is 1. The van der Waals surface area contributed by atoms with Gasteiger partial charge in [-0.1, -0.05) is 12.1 Å². The zero-order valence-corrected chi connectivity index (χ0v) is 17.0. The third kappa shape index (κ3) is 3.66. The molecule has 2 heterocycles. The number of carbonyl (C=O) groups excluding carboxylic acids is 1. The molecule has 1 aliphatic rings. The molecule has 2 aromatic carbocycles. The highest BCUT2D eigenvalue weighted by atomic mass is 32.2. The van der Waals surface area contributed by atoms with E-state index in [2.05, 4.69) is 4.98 Å². The second-order valence-electron chi connectivity index (χ2n) is 7.09. The van der Waals surface area contributed by atoms with Crippen LogP contribution in [0.15, 0.2) is 53.4 Å². The summed E-state index contributed by atoms with van der Waals surface area (Å²) in [6.45, 7) is 2.15. The van der Waals surface area contributed by atoms with Gasteiger partial charge in [-0.2, -0.15) is 4.31 Å². The minimum Gasteiger partial charge on any atom is -0.336 e. The number of aromatic nitrogens is 1. The van der Waals surface area contributed by atoms with Crippen LogP contribution in [-0.4, -0.2) is 54.7 Å². The molecular weight excluding hydrogens is 412 g/mol. The molecule has 0 radical (unpaired) electrons. The van der Waals surface area contributed by atoms with Crippen LogP contribution in [0, 0.1) is 18.6 Å². The molecule has 1 fully saturated rings. The van der Waals surface area contributed by atoms with Gasteiger partial charge in [0.1, 0.15) is 16.5 Å². The molecule has 30 heavy (non-hydrogen) atoms. The van der Waals surface area contributed by atoms with E-state index in [-0.39, 0.29) is 37.0 Å². The summed E-state index contributed by atoms with van der Waals surface area (Å²) in [5.41, 5.74) is 1.32. The molecule has 0 saturated carbocycles. The van der Waals surface area contributed by atoms with Crippen molar-refractivity contribution in [3.05, 3.63) is 71.4 Å². The number of amides is 1. The van der Waals surface area contributed by atoms with Gasteiger partial charge in [-0.15, -0.1) is 0 Å². The molecule has 1 amide bonds. The number of rotatable bonds is 3. The minimum absolute atomic E-state index is 0.0632. The monoisotopic (exact) mass is 431 g/mol. The number of benzene rings is 2. The largest absolute Gasteiger partial charge is 0.336 e. The Morgan fingerprint density at radius 1 is 1.00 bits per heavy atom. The number of hydrogen-bond donors (Lipinski definition) is 0. The van der Waals surface area contributed by atoms with E-state index in [9.17, 15) is 22.0 Å². The Labute approximate surface area is 172 Å². The smallest absolute Gasteiger partial charge is 0.255 e. The Morgan fingerprint density at radius 3 is 2.40 bits per heavy atom. The molecule has 3 aromatic rings. The average molecular weight is 431 g/mol. The molecule has 0 N–H and O–H groups in total. The van der Waals surface area contributed by atoms with E-state index in [0.29, 0.717) is 22.2 Å². The maximum atomic E-state index is 14.0. The van der Waals surface area contributed by atoms with Crippen molar-refractivity contribution < 1.29 is 22.0 Å². The first-order valence-electron chi connectivity index (χ1n) is 9.38. The van der Waals surface area contributed by atoms with E-state index >= 15 is 0 Å². The summed E-state index contributed by atoms with van der Waals surface area (Å²) in [6, 6.07) is 11.1. The first-order valence-corrected chi connectivity index (χ1v) is 10.8. The highest BCUT2D eigenvalue weighted by Crippen LogP contribution is 2.23. The van der Waals surface area contributed by atoms with Crippen LogP contribution in [0.5, 0.6) is 0 Å². The molecule has 9 heteroatoms. The van der Waals surface area contributed by atoms with Crippen LogP contribution in [0.3, 0.4) is 0 Å². The summed E-state index contributed by atoms with van der Waals surface area (Å²) >= 11 is 0. The van der Waals surface area contributed by atoms with Gasteiger partial charge in [0.15, 0.2) is 0 Å². The molecule has 6 nitrogen and oxygen atoms in total. The van der Waals surface area contributed by atoms with Crippen molar-refractivity contribution >= 4 is 26.8 Å². The van der Waals surface area contributed by atoms with Gasteiger partial charge in [0.2, 0.25) is 10.0 Å². The van der Waals surface area contributed by atoms with Crippen LogP contribution >= 0.6 is 0 Å². The van der Waals surface area contributed by atoms with Gasteiger partial charge in [0.05, 0.1) is 16.8 Å². The Balaban J connectivity index is 1.52. The number of halogens is 2. The SMILES string of the molecule is Cc1nc2cc(F)ccc2cc1C(=O)N1CCN(S(=O)(=O)c2ccccc2F)CC1. The number of nitrogens with zero attached hydrogens (tertiary/aromatic N) is 3. The summed E-state index contributed by atoms with van der Waals surface area (Å²) in [5, 5.41) is 0.645. The third-order valence-electron chi connectivity index (χ3n) is 5.18. The lowest BCUT2D eigenvalue weighted by molar-refractivity contribution is 0.0696. The van der Waals surface area contributed by atoms with E-state index in [0.717, 1.165) is 6.07 Å². The summed E-state index contributed by atoms with van der Waals surface area (Å²) in [6.07, 6.45) is 0. The highest BCUT2D eigenvalue weighted by molar-refractivity contribution is 7.89. The number of fused-ring (bicyclic) bond motifs is 1. The lowest BCUT2D eigenvalue weighted by Crippen LogP contribution is -2.50. The summed E-state index contributed by atoms with van der Waals surface area (Å²) in [7, 11) is -3.98. The van der Waals surface area contributed by atoms with E-state index in [4.69, 9.17) is 0 Å². The van der Waals surface area contributed by atoms with Crippen molar-refractivity contribution in [3.63, 3.8) is 0 Å². The molecule has 1 saturated heterocycles. The lowest BCUT2D eigenvalue weighted by atomic mass is 10.1. The van der Waals surface area contributed by atoms with Crippen molar-refractivity contribution in [2.45, 2.75) is 11.8 Å². The van der Waals surface area contributed by atoms with Crippen LogP contribution in [0.1, 0.15) is 16.1 Å². The Hall–Kier alpha value is -2.91. The predicted molar refractivity (Wildman–Crippen MR) is 108 cm³/mol. The van der Waals surface area contributed by atoms with Gasteiger partial charge in [0.25, 0.3) is 5.91 Å². The van der Waals surface area contributed by atoms with Gasteiger partial charge in [-0.05, 0) is 37.3 Å². The van der Waals surface area contributed by atoms with Crippen LogP contribution in [0.4, 0.5) is 8.78 Å². The van der Waals surface area contributed by atoms with Crippen LogP contribution in [0.25, 0.3) is 10.9 Å². The normalized spacial score (nSPS) is 15.5. The fourth-order valence-corrected chi connectivity index (χ4v) is 5.04. The lowest BCUT2D eigenvalue weighted by Gasteiger charge is -2.34. The molecule has 0 aliphatic carbocycles. The van der Waals surface area contributed by atoms with Crippen molar-refractivity contribution in [1.29, 1.82) is 0 Å². The zero-order valence-electron chi connectivity index (χ0n) is 16.2. The maximum absolute atomic E-state index is 14.0. The fourth-order valence-electron chi connectivity index (χ4n) is 3.55. The molecule has 0 bridgehead atoms. The van der Waals surface area contributed by atoms with Crippen molar-refractivity contribution in [2.24, 2.45) is 0 Å². The highest BCUT2D eigenvalue weighted by Gasteiger charge is 2.32. The van der Waals surface area contributed by atoms with Gasteiger partial charge >= 0.3 is 0 Å². The van der Waals surface area contributed by atoms with Gasteiger partial charge < -0.3 is 4.90 Å². The van der Waals surface area contributed by atoms with Crippen LogP contribution in [-0.2, 0) is 10.0 Å². The summed E-state index contributed by atoms with van der Waals surface area (Å²) in [5.74, 6) is -1.47. The Kier molecular flexibility index (Phi) is 5.25. The molecular formula is C21H19F2N3O3S. The van der Waals surface area contributed by atoms with Crippen molar-refractivity contribution in [1.82, 2.24) is 14.2 Å². The molecule has 0 spiro atoms. The van der Waals surface area contributed by atoms with E-state index in [1.54, 1.807) is 24.0 Å². The van der Waals surface area contributed by atoms with Gasteiger partial charge in [0, 0.05) is 37.6 Å². The summed E-state index contributed by atoms with van der Waals surface area (Å²) < 4.78 is 54.0. The van der Waals surface area contributed by atoms with Gasteiger partial charge in [-0.3, -0.25) is 9.78 Å². The Morgan fingerprint density at radius 2 is 1.70 bits per heavy atom. The second kappa shape index (κ2) is 7.73. The maximum Gasteiger partial charge on any atom is 0.255 e. The predicted octanol–water partition coefficient (Wildman–Crippen LogP) is 2.97. The standard InChI is InChI=1S/C21H19F2N3O3S/c1-14-17(12-15-6-7-16(22)13-19(15)24-14)21(27)25-8-10-26(11-9-25)30(28,29)20-5-3-2-4-18(20)23/h2-7,12-13H,8-11H2,1H3. The minimum atomic E-state index is -3.98. The average Bonchev–Trinajstić information content (AvgIpc) is 2.73. The second-order valence-corrected chi connectivity index (χ2v) is 8.99. The van der Waals surface area contributed by atoms with E-state index in [1.165, 1.54) is 34.6 Å². The van der Waals surface area contributed by atoms with Crippen molar-refractivity contribution in [3.8, 4) is 0 Å². The molecule has 4 rings (SSSR count). The first kappa shape index (κ1) is 20.4. The molecule has 1 aliphatic heterocycles. The van der Waals surface area contributed by atoms with Crippen LogP contribution in [0.2, 0.25) is 0 Å². The molecule has 0 atom stereocenters. The molecule has 1 aromatic heterocycles. The molecule has 156 valence electrons. The first-order chi connectivity index (χ1) is 14.3. The fraction of sp³-hybridized carbons (Fsp3) is 0.238. The number of piperazine rings is 1. The number of pyridine rings is 1. The topological polar surface area (TPSA) is 70.6 Å². The number of hydrogen-bond acceptors (Lipinski definition) is 4. The van der Waals surface area contributed by atoms with Crippen LogP contribution < -0.4 is 0 Å². The molecule has 0 unspecified atom stereocenters. The van der Waals surface area contributed by atoms with Crippen molar-refractivity contribution in [2.75, 3.05) is 26.2 Å². The van der Waals surface area contributed by atoms with E-state index < -0.39 is 21.7 Å². The van der Waals surface area contributed by atoms with Gasteiger partial charge in [-0.25, -0.2) is 17.2 Å². The Bertz CT molecular complexity index is 1240. The summed E-state index contributed by atoms with van der Waals surface area (Å²) in [4.78, 5) is 18.5. The number of sulfonamides is 1. The van der Waals surface area contributed by atoms with E-state index in [1.807, 2.05) is 0 Å².